The number of methoxy groups -OCH3 is 1. The molecule has 0 radical (unpaired) electrons. The van der Waals surface area contributed by atoms with Crippen molar-refractivity contribution in [1.29, 1.82) is 0 Å². The lowest BCUT2D eigenvalue weighted by Crippen LogP contribution is -2.34. The van der Waals surface area contributed by atoms with Crippen LogP contribution in [0.3, 0.4) is 0 Å². The van der Waals surface area contributed by atoms with Crippen molar-refractivity contribution in [2.45, 2.75) is 12.5 Å². The van der Waals surface area contributed by atoms with Crippen molar-refractivity contribution in [3.8, 4) is 0 Å². The fourth-order valence-electron chi connectivity index (χ4n) is 1.12. The molecule has 1 aromatic carbocycles. The zero-order chi connectivity index (χ0) is 11.6. The van der Waals surface area contributed by atoms with Crippen molar-refractivity contribution in [1.82, 2.24) is 0 Å². The summed E-state index contributed by atoms with van der Waals surface area (Å²) in [7, 11) is 1.33. The van der Waals surface area contributed by atoms with Crippen molar-refractivity contribution in [3.63, 3.8) is 0 Å². The number of halogens is 2. The number of ether oxygens (including phenoxy) is 1. The molecule has 0 saturated carbocycles. The Morgan fingerprint density at radius 1 is 1.40 bits per heavy atom. The highest BCUT2D eigenvalue weighted by molar-refractivity contribution is 6.42. The maximum absolute atomic E-state index is 11.0. The number of aliphatic carboxylic acids is 1. The Kier molecular flexibility index (Phi) is 3.60. The molecule has 1 atom stereocenters. The Balaban J connectivity index is 3.25. The first-order valence-corrected chi connectivity index (χ1v) is 4.91. The second-order valence-electron chi connectivity index (χ2n) is 3.17. The number of carbonyl (C=O) groups is 1. The normalized spacial score (nSPS) is 14.7. The van der Waals surface area contributed by atoms with Gasteiger partial charge in [0.15, 0.2) is 5.60 Å². The predicted molar refractivity (Wildman–Crippen MR) is 58.5 cm³/mol. The number of hydrogen-bond donors (Lipinski definition) is 1. The topological polar surface area (TPSA) is 46.5 Å². The fourth-order valence-corrected chi connectivity index (χ4v) is 1.42. The minimum atomic E-state index is -1.41. The highest BCUT2D eigenvalue weighted by atomic mass is 35.5. The van der Waals surface area contributed by atoms with E-state index in [-0.39, 0.29) is 0 Å². The van der Waals surface area contributed by atoms with E-state index in [4.69, 9.17) is 33.0 Å². The Morgan fingerprint density at radius 2 is 2.00 bits per heavy atom. The van der Waals surface area contributed by atoms with Crippen molar-refractivity contribution in [2.75, 3.05) is 7.11 Å². The first kappa shape index (κ1) is 12.3. The van der Waals surface area contributed by atoms with Gasteiger partial charge >= 0.3 is 5.97 Å². The second-order valence-corrected chi connectivity index (χ2v) is 3.99. The van der Waals surface area contributed by atoms with Crippen LogP contribution >= 0.6 is 23.2 Å². The number of benzene rings is 1. The monoisotopic (exact) mass is 248 g/mol. The summed E-state index contributed by atoms with van der Waals surface area (Å²) in [5, 5.41) is 9.73. The summed E-state index contributed by atoms with van der Waals surface area (Å²) < 4.78 is 4.98. The number of carboxylic acids is 1. The summed E-state index contributed by atoms with van der Waals surface area (Å²) >= 11 is 11.5. The van der Waals surface area contributed by atoms with Crippen LogP contribution in [0.4, 0.5) is 0 Å². The standard InChI is InChI=1S/C10H10Cl2O3/c1-10(15-2,9(13)14)6-3-4-7(11)8(12)5-6/h3-5H,1-2H3,(H,13,14). The van der Waals surface area contributed by atoms with Crippen molar-refractivity contribution >= 4 is 29.2 Å². The lowest BCUT2D eigenvalue weighted by Gasteiger charge is -2.23. The Hall–Kier alpha value is -0.770. The van der Waals surface area contributed by atoms with Gasteiger partial charge in [-0.15, -0.1) is 0 Å². The summed E-state index contributed by atoms with van der Waals surface area (Å²) in [6.07, 6.45) is 0. The molecule has 0 amide bonds. The maximum atomic E-state index is 11.0. The zero-order valence-corrected chi connectivity index (χ0v) is 9.76. The average molecular weight is 249 g/mol. The van der Waals surface area contributed by atoms with Crippen LogP contribution in [0.5, 0.6) is 0 Å². The number of rotatable bonds is 3. The number of carboxylic acid groups (broad SMARTS) is 1. The molecule has 0 aliphatic carbocycles. The number of hydrogen-bond acceptors (Lipinski definition) is 2. The van der Waals surface area contributed by atoms with Crippen LogP contribution in [0, 0.1) is 0 Å². The smallest absolute Gasteiger partial charge is 0.340 e. The summed E-state index contributed by atoms with van der Waals surface area (Å²) in [6.45, 7) is 1.45. The van der Waals surface area contributed by atoms with Gasteiger partial charge in [0.05, 0.1) is 10.0 Å². The van der Waals surface area contributed by atoms with Crippen LogP contribution in [0.15, 0.2) is 18.2 Å². The van der Waals surface area contributed by atoms with Crippen molar-refractivity contribution < 1.29 is 14.6 Å². The largest absolute Gasteiger partial charge is 0.479 e. The van der Waals surface area contributed by atoms with E-state index in [1.807, 2.05) is 0 Å². The molecule has 0 bridgehead atoms. The molecular weight excluding hydrogens is 239 g/mol. The minimum Gasteiger partial charge on any atom is -0.479 e. The van der Waals surface area contributed by atoms with E-state index in [9.17, 15) is 4.79 Å². The van der Waals surface area contributed by atoms with Gasteiger partial charge in [-0.2, -0.15) is 0 Å². The molecule has 0 aliphatic rings. The maximum Gasteiger partial charge on any atom is 0.340 e. The van der Waals surface area contributed by atoms with E-state index in [1.165, 1.54) is 20.1 Å². The van der Waals surface area contributed by atoms with Gasteiger partial charge in [0.25, 0.3) is 0 Å². The summed E-state index contributed by atoms with van der Waals surface area (Å²) in [5.74, 6) is -1.08. The van der Waals surface area contributed by atoms with Gasteiger partial charge in [-0.3, -0.25) is 0 Å². The summed E-state index contributed by atoms with van der Waals surface area (Å²) in [5.41, 5.74) is -0.958. The molecule has 0 fully saturated rings. The van der Waals surface area contributed by atoms with E-state index in [0.717, 1.165) is 0 Å². The van der Waals surface area contributed by atoms with Gasteiger partial charge in [0.1, 0.15) is 0 Å². The lowest BCUT2D eigenvalue weighted by molar-refractivity contribution is -0.161. The second kappa shape index (κ2) is 4.39. The third-order valence-corrected chi connectivity index (χ3v) is 3.03. The fraction of sp³-hybridized carbons (Fsp3) is 0.300. The molecule has 1 rings (SSSR count). The Bertz CT molecular complexity index is 392. The van der Waals surface area contributed by atoms with E-state index >= 15 is 0 Å². The van der Waals surface area contributed by atoms with Crippen molar-refractivity contribution in [3.05, 3.63) is 33.8 Å². The molecule has 1 aromatic rings. The van der Waals surface area contributed by atoms with Crippen LogP contribution in [0.2, 0.25) is 10.0 Å². The van der Waals surface area contributed by atoms with Gasteiger partial charge in [-0.1, -0.05) is 29.3 Å². The minimum absolute atomic E-state index is 0.304. The van der Waals surface area contributed by atoms with Crippen LogP contribution in [0.1, 0.15) is 12.5 Å². The molecule has 0 saturated heterocycles. The van der Waals surface area contributed by atoms with E-state index in [2.05, 4.69) is 0 Å². The first-order valence-electron chi connectivity index (χ1n) is 4.16. The third kappa shape index (κ3) is 2.25. The quantitative estimate of drug-likeness (QED) is 0.895. The van der Waals surface area contributed by atoms with Gasteiger partial charge in [0.2, 0.25) is 0 Å². The Labute approximate surface area is 97.6 Å². The van der Waals surface area contributed by atoms with Crippen molar-refractivity contribution in [2.24, 2.45) is 0 Å². The van der Waals surface area contributed by atoms with Crippen LogP contribution in [-0.4, -0.2) is 18.2 Å². The van der Waals surface area contributed by atoms with Gasteiger partial charge in [-0.05, 0) is 24.6 Å². The zero-order valence-electron chi connectivity index (χ0n) is 8.25. The lowest BCUT2D eigenvalue weighted by atomic mass is 9.96. The molecule has 1 unspecified atom stereocenters. The first-order chi connectivity index (χ1) is 6.91. The molecule has 0 aliphatic heterocycles. The highest BCUT2D eigenvalue weighted by Gasteiger charge is 2.35. The molecule has 0 aromatic heterocycles. The molecular formula is C10H10Cl2O3. The molecule has 1 N–H and O–H groups in total. The van der Waals surface area contributed by atoms with Gasteiger partial charge < -0.3 is 9.84 Å². The van der Waals surface area contributed by atoms with E-state index in [0.29, 0.717) is 15.6 Å². The highest BCUT2D eigenvalue weighted by Crippen LogP contribution is 2.30. The van der Waals surface area contributed by atoms with Crippen LogP contribution < -0.4 is 0 Å². The Morgan fingerprint density at radius 3 is 2.40 bits per heavy atom. The third-order valence-electron chi connectivity index (χ3n) is 2.29. The van der Waals surface area contributed by atoms with Crippen LogP contribution in [0.25, 0.3) is 0 Å². The molecule has 0 heterocycles. The predicted octanol–water partition coefficient (Wildman–Crippen LogP) is 2.94. The average Bonchev–Trinajstić information content (AvgIpc) is 2.20. The van der Waals surface area contributed by atoms with E-state index < -0.39 is 11.6 Å². The summed E-state index contributed by atoms with van der Waals surface area (Å²) in [4.78, 5) is 11.0. The van der Waals surface area contributed by atoms with Gasteiger partial charge in [-0.25, -0.2) is 4.79 Å². The van der Waals surface area contributed by atoms with Gasteiger partial charge in [0, 0.05) is 7.11 Å². The summed E-state index contributed by atoms with van der Waals surface area (Å²) in [6, 6.07) is 4.60. The van der Waals surface area contributed by atoms with Crippen LogP contribution in [-0.2, 0) is 15.1 Å². The molecule has 5 heteroatoms. The molecule has 15 heavy (non-hydrogen) atoms. The SMILES string of the molecule is COC(C)(C(=O)O)c1ccc(Cl)c(Cl)c1. The van der Waals surface area contributed by atoms with E-state index in [1.54, 1.807) is 12.1 Å². The molecule has 0 spiro atoms. The molecule has 3 nitrogen and oxygen atoms in total. The molecule has 82 valence electrons.